The van der Waals surface area contributed by atoms with Gasteiger partial charge in [0.25, 0.3) is 5.91 Å². The summed E-state index contributed by atoms with van der Waals surface area (Å²) in [6, 6.07) is -3.41. The molecule has 3 atom stereocenters. The molecule has 0 aliphatic heterocycles. The molecule has 9 N–H and O–H groups in total. The molecule has 0 spiro atoms. The first-order valence-corrected chi connectivity index (χ1v) is 16.2. The van der Waals surface area contributed by atoms with Crippen molar-refractivity contribution in [1.82, 2.24) is 31.6 Å². The molecule has 50 heavy (non-hydrogen) atoms. The number of carbonyl (C=O) groups excluding carboxylic acids is 4. The van der Waals surface area contributed by atoms with Gasteiger partial charge in [-0.25, -0.2) is 19.2 Å². The fourth-order valence-electron chi connectivity index (χ4n) is 4.58. The molecule has 278 valence electrons. The van der Waals surface area contributed by atoms with Crippen molar-refractivity contribution in [2.45, 2.75) is 103 Å². The molecule has 0 aromatic carbocycles. The first kappa shape index (κ1) is 42.7. The van der Waals surface area contributed by atoms with Gasteiger partial charge in [-0.2, -0.15) is 0 Å². The number of carbonyl (C=O) groups is 8. The largest absolute Gasteiger partial charge is 0.481 e. The van der Waals surface area contributed by atoms with Crippen LogP contribution in [0.2, 0.25) is 0 Å². The van der Waals surface area contributed by atoms with E-state index in [2.05, 4.69) is 26.3 Å². The van der Waals surface area contributed by atoms with Gasteiger partial charge < -0.3 is 47.0 Å². The lowest BCUT2D eigenvalue weighted by atomic mass is 9.86. The lowest BCUT2D eigenvalue weighted by Crippen LogP contribution is -2.51. The average Bonchev–Trinajstić information content (AvgIpc) is 3.03. The van der Waals surface area contributed by atoms with E-state index in [0.717, 1.165) is 5.56 Å². The molecule has 2 unspecified atom stereocenters. The summed E-state index contributed by atoms with van der Waals surface area (Å²) in [5, 5.41) is 49.0. The molecule has 1 heterocycles. The Bertz CT molecular complexity index is 1370. The molecule has 0 saturated heterocycles. The highest BCUT2D eigenvalue weighted by molar-refractivity contribution is 5.94. The summed E-state index contributed by atoms with van der Waals surface area (Å²) in [5.41, 5.74) is 0.271. The molecule has 5 amide bonds. The van der Waals surface area contributed by atoms with Gasteiger partial charge in [-0.15, -0.1) is 0 Å². The maximum Gasteiger partial charge on any atom is 0.326 e. The lowest BCUT2D eigenvalue weighted by molar-refractivity contribution is -0.142. The zero-order valence-corrected chi connectivity index (χ0v) is 28.5. The summed E-state index contributed by atoms with van der Waals surface area (Å²) in [6.07, 6.45) is 3.78. The van der Waals surface area contributed by atoms with Crippen LogP contribution in [0.15, 0.2) is 18.5 Å². The van der Waals surface area contributed by atoms with E-state index in [-0.39, 0.29) is 50.5 Å². The zero-order valence-electron chi connectivity index (χ0n) is 28.5. The Balaban J connectivity index is 2.40. The number of hydrogen-bond acceptors (Lipinski definition) is 9. The second-order valence-corrected chi connectivity index (χ2v) is 12.4. The number of unbranched alkanes of at least 4 members (excludes halogenated alkanes) is 2. The molecule has 0 bridgehead atoms. The Morgan fingerprint density at radius 2 is 1.22 bits per heavy atom. The summed E-state index contributed by atoms with van der Waals surface area (Å²) in [5.74, 6) is -6.50. The molecule has 18 nitrogen and oxygen atoms in total. The van der Waals surface area contributed by atoms with E-state index >= 15 is 0 Å². The summed E-state index contributed by atoms with van der Waals surface area (Å²) in [6.45, 7) is 5.53. The molecule has 18 heteroatoms. The normalized spacial score (nSPS) is 12.8. The van der Waals surface area contributed by atoms with Crippen LogP contribution in [0.25, 0.3) is 0 Å². The monoisotopic (exact) mass is 708 g/mol. The molecule has 0 aliphatic carbocycles. The van der Waals surface area contributed by atoms with E-state index in [0.29, 0.717) is 31.4 Å². The second-order valence-electron chi connectivity index (χ2n) is 12.4. The minimum absolute atomic E-state index is 0.0421. The third-order valence-corrected chi connectivity index (χ3v) is 7.63. The molecule has 0 aliphatic rings. The fraction of sp³-hybridized carbons (Fsp3) is 0.594. The van der Waals surface area contributed by atoms with Crippen LogP contribution in [-0.4, -0.2) is 104 Å². The van der Waals surface area contributed by atoms with Gasteiger partial charge in [0, 0.05) is 43.7 Å². The Kier molecular flexibility index (Phi) is 18.5. The van der Waals surface area contributed by atoms with Crippen LogP contribution in [0.1, 0.15) is 94.0 Å². The van der Waals surface area contributed by atoms with Crippen LogP contribution in [0.3, 0.4) is 0 Å². The molecule has 0 saturated carbocycles. The van der Waals surface area contributed by atoms with Gasteiger partial charge >= 0.3 is 29.9 Å². The van der Waals surface area contributed by atoms with Gasteiger partial charge in [-0.05, 0) is 69.9 Å². The first-order chi connectivity index (χ1) is 23.4. The number of rotatable bonds is 24. The summed E-state index contributed by atoms with van der Waals surface area (Å²) in [7, 11) is 0. The molecule has 1 rings (SSSR count). The van der Waals surface area contributed by atoms with Crippen molar-refractivity contribution >= 4 is 47.6 Å². The molecular weight excluding hydrogens is 660 g/mol. The van der Waals surface area contributed by atoms with Crippen molar-refractivity contribution in [2.75, 3.05) is 13.1 Å². The molecule has 1 aromatic rings. The van der Waals surface area contributed by atoms with Crippen LogP contribution in [-0.2, 0) is 28.8 Å². The Hall–Kier alpha value is -5.29. The number of aromatic nitrogens is 1. The Morgan fingerprint density at radius 3 is 1.74 bits per heavy atom. The zero-order chi connectivity index (χ0) is 37.9. The number of aliphatic carboxylic acids is 4. The van der Waals surface area contributed by atoms with Gasteiger partial charge in [-0.1, -0.05) is 13.8 Å². The average molecular weight is 709 g/mol. The van der Waals surface area contributed by atoms with Gasteiger partial charge in [-0.3, -0.25) is 24.2 Å². The predicted molar refractivity (Wildman–Crippen MR) is 176 cm³/mol. The van der Waals surface area contributed by atoms with Crippen LogP contribution < -0.4 is 26.6 Å². The van der Waals surface area contributed by atoms with Crippen molar-refractivity contribution in [2.24, 2.45) is 5.41 Å². The second kappa shape index (κ2) is 21.6. The maximum atomic E-state index is 12.8. The van der Waals surface area contributed by atoms with E-state index in [9.17, 15) is 48.6 Å². The van der Waals surface area contributed by atoms with E-state index < -0.39 is 72.2 Å². The smallest absolute Gasteiger partial charge is 0.326 e. The Morgan fingerprint density at radius 1 is 0.700 bits per heavy atom. The van der Waals surface area contributed by atoms with Crippen molar-refractivity contribution in [3.8, 4) is 0 Å². The van der Waals surface area contributed by atoms with E-state index in [1.54, 1.807) is 26.1 Å². The van der Waals surface area contributed by atoms with Gasteiger partial charge in [0.05, 0.1) is 5.56 Å². The van der Waals surface area contributed by atoms with Gasteiger partial charge in [0.15, 0.2) is 0 Å². The number of nitrogens with zero attached hydrogens (tertiary/aromatic N) is 1. The SMILES string of the molecule is Cc1cncc(C(=O)NCCCCC(NC(=O)CCC(C)(C)C(=O)NCCCC[C@H](NC(=O)NC(CCC(=O)O)C(=O)O)C(=O)O)C(=O)O)c1. The summed E-state index contributed by atoms with van der Waals surface area (Å²) < 4.78 is 0. The van der Waals surface area contributed by atoms with Crippen molar-refractivity contribution < 1.29 is 58.8 Å². The Labute approximate surface area is 289 Å². The number of carboxylic acids is 4. The highest BCUT2D eigenvalue weighted by atomic mass is 16.4. The highest BCUT2D eigenvalue weighted by Crippen LogP contribution is 2.22. The predicted octanol–water partition coefficient (Wildman–Crippen LogP) is 1.02. The maximum absolute atomic E-state index is 12.8. The van der Waals surface area contributed by atoms with E-state index in [1.165, 1.54) is 6.20 Å². The van der Waals surface area contributed by atoms with Gasteiger partial charge in [0.1, 0.15) is 18.1 Å². The number of aryl methyl sites for hydroxylation is 1. The summed E-state index contributed by atoms with van der Waals surface area (Å²) in [4.78, 5) is 98.8. The molecule has 1 aromatic heterocycles. The number of amides is 5. The minimum atomic E-state index is -1.52. The highest BCUT2D eigenvalue weighted by Gasteiger charge is 2.29. The lowest BCUT2D eigenvalue weighted by Gasteiger charge is -2.24. The molecular formula is C32H48N6O12. The third-order valence-electron chi connectivity index (χ3n) is 7.63. The number of nitrogens with one attached hydrogen (secondary N) is 5. The fourth-order valence-corrected chi connectivity index (χ4v) is 4.58. The molecule has 0 fully saturated rings. The topological polar surface area (TPSA) is 291 Å². The van der Waals surface area contributed by atoms with Crippen molar-refractivity contribution in [3.05, 3.63) is 29.6 Å². The van der Waals surface area contributed by atoms with Gasteiger partial charge in [0.2, 0.25) is 11.8 Å². The minimum Gasteiger partial charge on any atom is -0.481 e. The van der Waals surface area contributed by atoms with Crippen molar-refractivity contribution in [1.29, 1.82) is 0 Å². The van der Waals surface area contributed by atoms with Crippen LogP contribution in [0.4, 0.5) is 4.79 Å². The summed E-state index contributed by atoms with van der Waals surface area (Å²) >= 11 is 0. The van der Waals surface area contributed by atoms with E-state index in [1.807, 2.05) is 12.2 Å². The van der Waals surface area contributed by atoms with E-state index in [4.69, 9.17) is 10.2 Å². The van der Waals surface area contributed by atoms with Crippen LogP contribution in [0, 0.1) is 12.3 Å². The third kappa shape index (κ3) is 17.2. The standard InChI is InChI=1S/C32H48N6O12/c1-19-16-20(18-33-17-19)26(42)34-14-6-4-8-21(27(43)44)36-24(39)12-13-32(2,3)30(49)35-15-7-5-9-22(28(45)46)37-31(50)38-23(29(47)48)10-11-25(40)41/h16-18,21-23H,4-15H2,1-3H3,(H,34,42)(H,35,49)(H,36,39)(H,40,41)(H,43,44)(H,45,46)(H,47,48)(H2,37,38,50)/t21?,22-,23?/m0/s1. The number of urea groups is 1. The van der Waals surface area contributed by atoms with Crippen LogP contribution in [0.5, 0.6) is 0 Å². The number of hydrogen-bond donors (Lipinski definition) is 9. The first-order valence-electron chi connectivity index (χ1n) is 16.2. The number of carboxylic acid groups (broad SMARTS) is 4. The van der Waals surface area contributed by atoms with Crippen LogP contribution >= 0.6 is 0 Å². The molecule has 0 radical (unpaired) electrons. The van der Waals surface area contributed by atoms with Crippen molar-refractivity contribution in [3.63, 3.8) is 0 Å². The quantitative estimate of drug-likeness (QED) is 0.0679. The number of pyridine rings is 1.